The summed E-state index contributed by atoms with van der Waals surface area (Å²) in [5, 5.41) is 7.51. The molecular formula is C24H24FN5O2. The van der Waals surface area contributed by atoms with Crippen molar-refractivity contribution in [2.45, 2.75) is 50.3 Å². The number of nitrogens with one attached hydrogen (secondary N) is 1. The summed E-state index contributed by atoms with van der Waals surface area (Å²) in [6, 6.07) is 6.70. The number of halogens is 1. The summed E-state index contributed by atoms with van der Waals surface area (Å²) in [5.41, 5.74) is 1.91. The van der Waals surface area contributed by atoms with E-state index >= 15 is 0 Å². The Hall–Kier alpha value is -3.16. The van der Waals surface area contributed by atoms with E-state index in [4.69, 9.17) is 9.72 Å². The lowest BCUT2D eigenvalue weighted by Crippen LogP contribution is -2.47. The Bertz CT molecular complexity index is 1240. The van der Waals surface area contributed by atoms with Crippen LogP contribution in [-0.4, -0.2) is 39.2 Å². The lowest BCUT2D eigenvalue weighted by atomic mass is 9.91. The van der Waals surface area contributed by atoms with Gasteiger partial charge in [0, 0.05) is 18.3 Å². The number of aromatic nitrogens is 3. The van der Waals surface area contributed by atoms with Gasteiger partial charge in [-0.3, -0.25) is 4.79 Å². The Morgan fingerprint density at radius 1 is 1.19 bits per heavy atom. The summed E-state index contributed by atoms with van der Waals surface area (Å²) < 4.78 is 22.7. The molecule has 3 fully saturated rings. The first kappa shape index (κ1) is 18.4. The molecule has 164 valence electrons. The SMILES string of the molecule is O=C1N[C@@H]2CCCC[C@@H]2Oc2ccc(F)cc2[C@H]2[C@@H]3C[C@@H]3CN2c2ccn3ncc1c3n2. The summed E-state index contributed by atoms with van der Waals surface area (Å²) in [6.45, 7) is 0.871. The minimum atomic E-state index is -0.254. The van der Waals surface area contributed by atoms with Gasteiger partial charge in [0.1, 0.15) is 29.1 Å². The van der Waals surface area contributed by atoms with Crippen molar-refractivity contribution >= 4 is 17.4 Å². The summed E-state index contributed by atoms with van der Waals surface area (Å²) in [6.07, 6.45) is 8.23. The van der Waals surface area contributed by atoms with Gasteiger partial charge in [-0.1, -0.05) is 6.42 Å². The standard InChI is InChI=1S/C24H24FN5O2/c25-14-5-6-19-16(10-14)22-15-9-13(15)12-29(22)21-7-8-30-23(28-21)17(11-26-30)24(31)27-18-3-1-2-4-20(18)32-19/h5-8,10-11,13,15,18,20,22H,1-4,9,12H2,(H,27,31)/t13-,15-,18-,20+,22-/m1/s1. The van der Waals surface area contributed by atoms with Crippen LogP contribution in [-0.2, 0) is 0 Å². The van der Waals surface area contributed by atoms with Gasteiger partial charge in [0.2, 0.25) is 0 Å². The van der Waals surface area contributed by atoms with E-state index in [1.807, 2.05) is 12.3 Å². The second kappa shape index (κ2) is 6.67. The summed E-state index contributed by atoms with van der Waals surface area (Å²) in [7, 11) is 0. The maximum Gasteiger partial charge on any atom is 0.257 e. The highest BCUT2D eigenvalue weighted by atomic mass is 19.1. The van der Waals surface area contributed by atoms with Crippen LogP contribution in [0.3, 0.4) is 0 Å². The van der Waals surface area contributed by atoms with E-state index in [9.17, 15) is 9.18 Å². The molecule has 2 saturated carbocycles. The van der Waals surface area contributed by atoms with Crippen molar-refractivity contribution in [1.82, 2.24) is 19.9 Å². The van der Waals surface area contributed by atoms with Crippen molar-refractivity contribution in [3.8, 4) is 5.75 Å². The number of nitrogens with zero attached hydrogens (tertiary/aromatic N) is 4. The zero-order chi connectivity index (χ0) is 21.4. The van der Waals surface area contributed by atoms with Crippen LogP contribution < -0.4 is 15.0 Å². The number of anilines is 1. The molecule has 2 aliphatic carbocycles. The molecule has 1 amide bonds. The van der Waals surface area contributed by atoms with E-state index in [0.29, 0.717) is 23.0 Å². The third-order valence-corrected chi connectivity index (χ3v) is 7.63. The molecule has 0 unspecified atom stereocenters. The van der Waals surface area contributed by atoms with Crippen LogP contribution in [0.25, 0.3) is 5.65 Å². The van der Waals surface area contributed by atoms with Gasteiger partial charge in [-0.15, -0.1) is 0 Å². The molecule has 1 N–H and O–H groups in total. The monoisotopic (exact) mass is 433 g/mol. The third kappa shape index (κ3) is 2.74. The third-order valence-electron chi connectivity index (χ3n) is 7.63. The van der Waals surface area contributed by atoms with Gasteiger partial charge in [-0.2, -0.15) is 5.10 Å². The van der Waals surface area contributed by atoms with Crippen LogP contribution in [0.1, 0.15) is 54.1 Å². The first-order chi connectivity index (χ1) is 15.7. The lowest BCUT2D eigenvalue weighted by molar-refractivity contribution is 0.0795. The number of hydrogen-bond acceptors (Lipinski definition) is 5. The van der Waals surface area contributed by atoms with Gasteiger partial charge in [-0.25, -0.2) is 13.9 Å². The Balaban J connectivity index is 1.43. The van der Waals surface area contributed by atoms with Crippen LogP contribution in [0.15, 0.2) is 36.7 Å². The van der Waals surface area contributed by atoms with Crippen molar-refractivity contribution in [2.24, 2.45) is 11.8 Å². The van der Waals surface area contributed by atoms with Gasteiger partial charge in [0.05, 0.1) is 18.3 Å². The molecule has 2 bridgehead atoms. The number of carbonyl (C=O) groups excluding carboxylic acids is 1. The second-order valence-corrected chi connectivity index (χ2v) is 9.57. The number of carbonyl (C=O) groups is 1. The molecule has 1 aromatic carbocycles. The average molecular weight is 433 g/mol. The average Bonchev–Trinajstić information content (AvgIpc) is 3.26. The summed E-state index contributed by atoms with van der Waals surface area (Å²) >= 11 is 0. The number of benzene rings is 1. The zero-order valence-corrected chi connectivity index (χ0v) is 17.6. The minimum Gasteiger partial charge on any atom is -0.488 e. The largest absolute Gasteiger partial charge is 0.488 e. The number of rotatable bonds is 0. The van der Waals surface area contributed by atoms with Crippen molar-refractivity contribution < 1.29 is 13.9 Å². The van der Waals surface area contributed by atoms with E-state index in [2.05, 4.69) is 15.3 Å². The number of amides is 1. The van der Waals surface area contributed by atoms with Crippen molar-refractivity contribution in [2.75, 3.05) is 11.4 Å². The van der Waals surface area contributed by atoms with E-state index in [1.165, 1.54) is 6.07 Å². The highest BCUT2D eigenvalue weighted by molar-refractivity contribution is 6.00. The number of hydrogen-bond donors (Lipinski definition) is 1. The van der Waals surface area contributed by atoms with E-state index < -0.39 is 0 Å². The van der Waals surface area contributed by atoms with Gasteiger partial charge in [0.15, 0.2) is 5.65 Å². The Morgan fingerprint density at radius 3 is 3.03 bits per heavy atom. The number of ether oxygens (including phenoxy) is 1. The van der Waals surface area contributed by atoms with Crippen molar-refractivity contribution in [3.05, 3.63) is 53.6 Å². The highest BCUT2D eigenvalue weighted by Crippen LogP contribution is 2.58. The molecule has 7 nitrogen and oxygen atoms in total. The Kier molecular flexibility index (Phi) is 3.84. The Morgan fingerprint density at radius 2 is 2.09 bits per heavy atom. The predicted molar refractivity (Wildman–Crippen MR) is 115 cm³/mol. The normalized spacial score (nSPS) is 30.7. The van der Waals surface area contributed by atoms with Gasteiger partial charge < -0.3 is 15.0 Å². The molecule has 4 aliphatic rings. The molecule has 0 spiro atoms. The molecule has 5 atom stereocenters. The Labute approximate surface area is 184 Å². The van der Waals surface area contributed by atoms with Crippen LogP contribution in [0, 0.1) is 17.7 Å². The molecule has 0 radical (unpaired) electrons. The topological polar surface area (TPSA) is 71.8 Å². The summed E-state index contributed by atoms with van der Waals surface area (Å²) in [5.74, 6) is 2.13. The number of piperidine rings is 1. The quantitative estimate of drug-likeness (QED) is 0.588. The smallest absolute Gasteiger partial charge is 0.257 e. The molecule has 8 heteroatoms. The highest BCUT2D eigenvalue weighted by Gasteiger charge is 2.54. The lowest BCUT2D eigenvalue weighted by Gasteiger charge is -2.34. The molecule has 1 saturated heterocycles. The first-order valence-corrected chi connectivity index (χ1v) is 11.5. The van der Waals surface area contributed by atoms with Crippen molar-refractivity contribution in [3.63, 3.8) is 0 Å². The van der Waals surface area contributed by atoms with Crippen LogP contribution >= 0.6 is 0 Å². The van der Waals surface area contributed by atoms with E-state index in [0.717, 1.165) is 55.8 Å². The first-order valence-electron chi connectivity index (χ1n) is 11.5. The predicted octanol–water partition coefficient (Wildman–Crippen LogP) is 3.50. The fraction of sp³-hybridized carbons (Fsp3) is 0.458. The van der Waals surface area contributed by atoms with Gasteiger partial charge in [0.25, 0.3) is 5.91 Å². The molecule has 32 heavy (non-hydrogen) atoms. The second-order valence-electron chi connectivity index (χ2n) is 9.57. The molecule has 3 aromatic rings. The fourth-order valence-electron chi connectivity index (χ4n) is 5.95. The number of fused-ring (bicyclic) bond motifs is 8. The van der Waals surface area contributed by atoms with E-state index in [1.54, 1.807) is 22.8 Å². The van der Waals surface area contributed by atoms with Crippen molar-refractivity contribution in [1.29, 1.82) is 0 Å². The molecular weight excluding hydrogens is 409 g/mol. The maximum atomic E-state index is 14.5. The minimum absolute atomic E-state index is 0.0125. The van der Waals surface area contributed by atoms with Crippen LogP contribution in [0.4, 0.5) is 10.2 Å². The maximum absolute atomic E-state index is 14.5. The molecule has 7 rings (SSSR count). The summed E-state index contributed by atoms with van der Waals surface area (Å²) in [4.78, 5) is 20.3. The zero-order valence-electron chi connectivity index (χ0n) is 17.6. The molecule has 2 aliphatic heterocycles. The molecule has 2 aromatic heterocycles. The fourth-order valence-corrected chi connectivity index (χ4v) is 5.95. The van der Waals surface area contributed by atoms with Gasteiger partial charge >= 0.3 is 0 Å². The van der Waals surface area contributed by atoms with Crippen LogP contribution in [0.5, 0.6) is 5.75 Å². The molecule has 4 heterocycles. The van der Waals surface area contributed by atoms with Crippen LogP contribution in [0.2, 0.25) is 0 Å². The van der Waals surface area contributed by atoms with Gasteiger partial charge in [-0.05, 0) is 61.8 Å². The van der Waals surface area contributed by atoms with E-state index in [-0.39, 0.29) is 29.9 Å².